The minimum Gasteiger partial charge on any atom is -0.299 e. The average molecular weight is 248 g/mol. The Morgan fingerprint density at radius 1 is 1.28 bits per heavy atom. The minimum absolute atomic E-state index is 0.227. The van der Waals surface area contributed by atoms with Crippen molar-refractivity contribution >= 4 is 5.78 Å². The van der Waals surface area contributed by atoms with Crippen LogP contribution in [-0.2, 0) is 11.2 Å². The van der Waals surface area contributed by atoms with Crippen molar-refractivity contribution < 1.29 is 9.18 Å². The first kappa shape index (κ1) is 13.3. The van der Waals surface area contributed by atoms with Crippen molar-refractivity contribution in [2.75, 3.05) is 0 Å². The number of aryl methyl sites for hydroxylation is 1. The van der Waals surface area contributed by atoms with E-state index in [4.69, 9.17) is 0 Å². The zero-order valence-corrected chi connectivity index (χ0v) is 11.2. The average Bonchev–Trinajstić information content (AvgIpc) is 2.33. The van der Waals surface area contributed by atoms with E-state index >= 15 is 0 Å². The molecule has 0 atom stereocenters. The van der Waals surface area contributed by atoms with Crippen molar-refractivity contribution in [3.63, 3.8) is 0 Å². The molecule has 0 N–H and O–H groups in total. The quantitative estimate of drug-likeness (QED) is 0.788. The van der Waals surface area contributed by atoms with Gasteiger partial charge in [0, 0.05) is 12.3 Å². The van der Waals surface area contributed by atoms with Gasteiger partial charge in [0.05, 0.1) is 0 Å². The molecule has 18 heavy (non-hydrogen) atoms. The van der Waals surface area contributed by atoms with E-state index in [-0.39, 0.29) is 11.7 Å². The molecule has 1 nitrogen and oxygen atoms in total. The predicted molar refractivity (Wildman–Crippen MR) is 71.0 cm³/mol. The van der Waals surface area contributed by atoms with Crippen LogP contribution < -0.4 is 0 Å². The molecule has 0 aliphatic heterocycles. The lowest BCUT2D eigenvalue weighted by molar-refractivity contribution is -0.123. The molecular weight excluding hydrogens is 227 g/mol. The van der Waals surface area contributed by atoms with E-state index in [0.29, 0.717) is 12.2 Å². The molecule has 2 heteroatoms. The summed E-state index contributed by atoms with van der Waals surface area (Å²) >= 11 is 0. The van der Waals surface area contributed by atoms with Crippen LogP contribution in [0.3, 0.4) is 0 Å². The molecule has 1 aliphatic rings. The summed E-state index contributed by atoms with van der Waals surface area (Å²) < 4.78 is 13.0. The predicted octanol–water partition coefficient (Wildman–Crippen LogP) is 4.07. The summed E-state index contributed by atoms with van der Waals surface area (Å²) in [7, 11) is 0. The van der Waals surface area contributed by atoms with Gasteiger partial charge in [-0.3, -0.25) is 4.79 Å². The number of ketones is 1. The smallest absolute Gasteiger partial charge is 0.140 e. The Bertz CT molecular complexity index is 431. The highest BCUT2D eigenvalue weighted by Crippen LogP contribution is 2.29. The molecule has 0 aromatic heterocycles. The third kappa shape index (κ3) is 3.18. The number of hydrogen-bond acceptors (Lipinski definition) is 1. The Hall–Kier alpha value is -1.18. The second-order valence-corrected chi connectivity index (χ2v) is 5.67. The second kappa shape index (κ2) is 5.64. The lowest BCUT2D eigenvalue weighted by atomic mass is 9.79. The van der Waals surface area contributed by atoms with Crippen molar-refractivity contribution in [3.8, 4) is 0 Å². The van der Waals surface area contributed by atoms with Gasteiger partial charge in [-0.1, -0.05) is 25.8 Å². The fourth-order valence-electron chi connectivity index (χ4n) is 2.77. The zero-order chi connectivity index (χ0) is 13.1. The lowest BCUT2D eigenvalue weighted by Gasteiger charge is -2.25. The van der Waals surface area contributed by atoms with Crippen LogP contribution in [0.25, 0.3) is 0 Å². The molecule has 1 aliphatic carbocycles. The minimum atomic E-state index is -0.227. The molecule has 1 fully saturated rings. The molecule has 0 radical (unpaired) electrons. The Morgan fingerprint density at radius 2 is 1.94 bits per heavy atom. The van der Waals surface area contributed by atoms with Gasteiger partial charge in [0.15, 0.2) is 0 Å². The number of hydrogen-bond donors (Lipinski definition) is 0. The molecule has 1 aromatic carbocycles. The van der Waals surface area contributed by atoms with Crippen LogP contribution in [0.15, 0.2) is 18.2 Å². The number of benzene rings is 1. The van der Waals surface area contributed by atoms with Crippen LogP contribution in [0.5, 0.6) is 0 Å². The van der Waals surface area contributed by atoms with E-state index in [9.17, 15) is 9.18 Å². The van der Waals surface area contributed by atoms with Crippen molar-refractivity contribution in [3.05, 3.63) is 35.1 Å². The highest BCUT2D eigenvalue weighted by molar-refractivity contribution is 5.83. The van der Waals surface area contributed by atoms with E-state index in [1.54, 1.807) is 6.07 Å². The maximum Gasteiger partial charge on any atom is 0.140 e. The summed E-state index contributed by atoms with van der Waals surface area (Å²) in [5.41, 5.74) is 1.85. The van der Waals surface area contributed by atoms with E-state index in [1.165, 1.54) is 25.0 Å². The summed E-state index contributed by atoms with van der Waals surface area (Å²) in [4.78, 5) is 12.2. The SMILES string of the molecule is Cc1cc(F)ccc1CC(=O)C1CCC(C)CC1. The standard InChI is InChI=1S/C16H21FO/c1-11-3-5-13(6-4-11)16(18)10-14-7-8-15(17)9-12(14)2/h7-9,11,13H,3-6,10H2,1-2H3. The van der Waals surface area contributed by atoms with Gasteiger partial charge in [0.2, 0.25) is 0 Å². The third-order valence-corrected chi connectivity index (χ3v) is 4.14. The molecular formula is C16H21FO. The normalized spacial score (nSPS) is 23.9. The van der Waals surface area contributed by atoms with Crippen LogP contribution in [-0.4, -0.2) is 5.78 Å². The molecule has 1 saturated carbocycles. The Morgan fingerprint density at radius 3 is 2.56 bits per heavy atom. The van der Waals surface area contributed by atoms with Gasteiger partial charge >= 0.3 is 0 Å². The maximum atomic E-state index is 13.0. The molecule has 2 rings (SSSR count). The van der Waals surface area contributed by atoms with Crippen LogP contribution in [0.1, 0.15) is 43.7 Å². The monoisotopic (exact) mass is 248 g/mol. The summed E-state index contributed by atoms with van der Waals surface area (Å²) in [6, 6.07) is 4.69. The third-order valence-electron chi connectivity index (χ3n) is 4.14. The number of carbonyl (C=O) groups is 1. The van der Waals surface area contributed by atoms with E-state index < -0.39 is 0 Å². The number of rotatable bonds is 3. The lowest BCUT2D eigenvalue weighted by Crippen LogP contribution is -2.22. The highest BCUT2D eigenvalue weighted by atomic mass is 19.1. The molecule has 0 spiro atoms. The molecule has 0 amide bonds. The first-order chi connectivity index (χ1) is 8.56. The van der Waals surface area contributed by atoms with Gasteiger partial charge in [-0.15, -0.1) is 0 Å². The summed E-state index contributed by atoms with van der Waals surface area (Å²) in [6.07, 6.45) is 4.85. The van der Waals surface area contributed by atoms with Crippen molar-refractivity contribution in [1.82, 2.24) is 0 Å². The summed E-state index contributed by atoms with van der Waals surface area (Å²) in [5, 5.41) is 0. The first-order valence-electron chi connectivity index (χ1n) is 6.84. The summed E-state index contributed by atoms with van der Waals surface area (Å²) in [5.74, 6) is 1.10. The van der Waals surface area contributed by atoms with E-state index in [2.05, 4.69) is 6.92 Å². The highest BCUT2D eigenvalue weighted by Gasteiger charge is 2.24. The largest absolute Gasteiger partial charge is 0.299 e. The van der Waals surface area contributed by atoms with Crippen molar-refractivity contribution in [1.29, 1.82) is 0 Å². The van der Waals surface area contributed by atoms with Crippen LogP contribution in [0.4, 0.5) is 4.39 Å². The number of halogens is 1. The first-order valence-corrected chi connectivity index (χ1v) is 6.84. The van der Waals surface area contributed by atoms with Crippen LogP contribution in [0, 0.1) is 24.6 Å². The van der Waals surface area contributed by atoms with Gasteiger partial charge in [0.1, 0.15) is 11.6 Å². The molecule has 0 heterocycles. The molecule has 0 bridgehead atoms. The molecule has 1 aromatic rings. The van der Waals surface area contributed by atoms with Gasteiger partial charge in [-0.25, -0.2) is 4.39 Å². The van der Waals surface area contributed by atoms with Crippen LogP contribution >= 0.6 is 0 Å². The molecule has 98 valence electrons. The fourth-order valence-corrected chi connectivity index (χ4v) is 2.77. The topological polar surface area (TPSA) is 17.1 Å². The fraction of sp³-hybridized carbons (Fsp3) is 0.562. The van der Waals surface area contributed by atoms with Gasteiger partial charge < -0.3 is 0 Å². The number of carbonyl (C=O) groups excluding carboxylic acids is 1. The van der Waals surface area contributed by atoms with Crippen molar-refractivity contribution in [2.24, 2.45) is 11.8 Å². The van der Waals surface area contributed by atoms with Gasteiger partial charge in [-0.05, 0) is 48.9 Å². The van der Waals surface area contributed by atoms with Crippen molar-refractivity contribution in [2.45, 2.75) is 46.0 Å². The number of Topliss-reactive ketones (excluding diaryl/α,β-unsaturated/α-hetero) is 1. The zero-order valence-electron chi connectivity index (χ0n) is 11.2. The Kier molecular flexibility index (Phi) is 4.15. The van der Waals surface area contributed by atoms with Gasteiger partial charge in [-0.2, -0.15) is 0 Å². The molecule has 0 saturated heterocycles. The Labute approximate surface area is 108 Å². The van der Waals surface area contributed by atoms with Gasteiger partial charge in [0.25, 0.3) is 0 Å². The van der Waals surface area contributed by atoms with E-state index in [1.807, 2.05) is 6.92 Å². The Balaban J connectivity index is 1.98. The second-order valence-electron chi connectivity index (χ2n) is 5.67. The van der Waals surface area contributed by atoms with Crippen LogP contribution in [0.2, 0.25) is 0 Å². The van der Waals surface area contributed by atoms with E-state index in [0.717, 1.165) is 29.9 Å². The maximum absolute atomic E-state index is 13.0. The molecule has 0 unspecified atom stereocenters. The summed E-state index contributed by atoms with van der Waals surface area (Å²) in [6.45, 7) is 4.12.